The van der Waals surface area contributed by atoms with Crippen LogP contribution >= 0.6 is 0 Å². The molecule has 23 heavy (non-hydrogen) atoms. The van der Waals surface area contributed by atoms with E-state index in [-0.39, 0.29) is 11.4 Å². The standard InChI is InChI=1S/C20H32O3/c1-13(10-19(22)23-5)8-9-20(4)15(3)6-7-17-14(2)11-16(21)12-18(17)20/h11,13,15,17-18H,6-10,12H2,1-5H3. The Bertz CT molecular complexity index is 493. The van der Waals surface area contributed by atoms with Crippen molar-refractivity contribution in [3.8, 4) is 0 Å². The lowest BCUT2D eigenvalue weighted by Gasteiger charge is -2.52. The van der Waals surface area contributed by atoms with Crippen LogP contribution in [0.3, 0.4) is 0 Å². The lowest BCUT2D eigenvalue weighted by molar-refractivity contribution is -0.141. The van der Waals surface area contributed by atoms with Crippen LogP contribution in [-0.4, -0.2) is 18.9 Å². The maximum Gasteiger partial charge on any atom is 0.305 e. The largest absolute Gasteiger partial charge is 0.469 e. The molecule has 2 aliphatic carbocycles. The number of carbonyl (C=O) groups is 2. The van der Waals surface area contributed by atoms with Crippen molar-refractivity contribution in [2.24, 2.45) is 29.1 Å². The number of hydrogen-bond donors (Lipinski definition) is 0. The Morgan fingerprint density at radius 1 is 1.43 bits per heavy atom. The van der Waals surface area contributed by atoms with Gasteiger partial charge in [-0.25, -0.2) is 0 Å². The first-order valence-corrected chi connectivity index (χ1v) is 9.05. The van der Waals surface area contributed by atoms with Crippen molar-refractivity contribution in [2.75, 3.05) is 7.11 Å². The van der Waals surface area contributed by atoms with E-state index < -0.39 is 0 Å². The average molecular weight is 320 g/mol. The number of fused-ring (bicyclic) bond motifs is 1. The zero-order valence-electron chi connectivity index (χ0n) is 15.4. The van der Waals surface area contributed by atoms with Crippen molar-refractivity contribution >= 4 is 11.8 Å². The van der Waals surface area contributed by atoms with Crippen LogP contribution in [0.5, 0.6) is 0 Å². The molecule has 3 heteroatoms. The summed E-state index contributed by atoms with van der Waals surface area (Å²) in [7, 11) is 1.45. The molecule has 0 aromatic rings. The monoisotopic (exact) mass is 320 g/mol. The number of ketones is 1. The van der Waals surface area contributed by atoms with Crippen LogP contribution in [0, 0.1) is 29.1 Å². The molecule has 0 aromatic carbocycles. The third-order valence-corrected chi connectivity index (χ3v) is 6.68. The van der Waals surface area contributed by atoms with Gasteiger partial charge in [-0.1, -0.05) is 26.3 Å². The topological polar surface area (TPSA) is 43.4 Å². The number of methoxy groups -OCH3 is 1. The molecule has 0 radical (unpaired) electrons. The molecular weight excluding hydrogens is 288 g/mol. The molecule has 3 nitrogen and oxygen atoms in total. The lowest BCUT2D eigenvalue weighted by Crippen LogP contribution is -2.45. The van der Waals surface area contributed by atoms with E-state index in [0.29, 0.717) is 42.3 Å². The maximum atomic E-state index is 12.1. The Morgan fingerprint density at radius 3 is 2.78 bits per heavy atom. The van der Waals surface area contributed by atoms with E-state index >= 15 is 0 Å². The van der Waals surface area contributed by atoms with Gasteiger partial charge >= 0.3 is 5.97 Å². The van der Waals surface area contributed by atoms with Crippen molar-refractivity contribution in [1.82, 2.24) is 0 Å². The zero-order chi connectivity index (χ0) is 17.2. The van der Waals surface area contributed by atoms with Gasteiger partial charge in [0.1, 0.15) is 0 Å². The zero-order valence-corrected chi connectivity index (χ0v) is 15.4. The quantitative estimate of drug-likeness (QED) is 0.698. The smallest absolute Gasteiger partial charge is 0.305 e. The number of allylic oxidation sites excluding steroid dienone is 2. The molecule has 5 unspecified atom stereocenters. The van der Waals surface area contributed by atoms with E-state index in [1.54, 1.807) is 0 Å². The van der Waals surface area contributed by atoms with Crippen LogP contribution < -0.4 is 0 Å². The predicted molar refractivity (Wildman–Crippen MR) is 91.9 cm³/mol. The third kappa shape index (κ3) is 3.87. The fourth-order valence-electron chi connectivity index (χ4n) is 4.80. The predicted octanol–water partition coefficient (Wildman–Crippen LogP) is 4.55. The molecule has 0 bridgehead atoms. The van der Waals surface area contributed by atoms with Gasteiger partial charge in [0, 0.05) is 12.8 Å². The van der Waals surface area contributed by atoms with Crippen LogP contribution in [0.15, 0.2) is 11.6 Å². The van der Waals surface area contributed by atoms with Gasteiger partial charge in [0.05, 0.1) is 7.11 Å². The van der Waals surface area contributed by atoms with Gasteiger partial charge in [0.15, 0.2) is 5.78 Å². The van der Waals surface area contributed by atoms with Gasteiger partial charge in [-0.05, 0) is 67.8 Å². The highest BCUT2D eigenvalue weighted by Gasteiger charge is 2.48. The van der Waals surface area contributed by atoms with Crippen molar-refractivity contribution < 1.29 is 14.3 Å². The van der Waals surface area contributed by atoms with Gasteiger partial charge in [-0.3, -0.25) is 9.59 Å². The van der Waals surface area contributed by atoms with Crippen molar-refractivity contribution in [3.63, 3.8) is 0 Å². The molecule has 2 aliphatic rings. The normalized spacial score (nSPS) is 35.3. The molecule has 0 N–H and O–H groups in total. The molecule has 0 saturated heterocycles. The van der Waals surface area contributed by atoms with Gasteiger partial charge in [0.2, 0.25) is 0 Å². The first-order chi connectivity index (χ1) is 10.8. The number of rotatable bonds is 5. The molecule has 0 aromatic heterocycles. The summed E-state index contributed by atoms with van der Waals surface area (Å²) >= 11 is 0. The molecule has 130 valence electrons. The van der Waals surface area contributed by atoms with Crippen LogP contribution in [0.1, 0.15) is 66.2 Å². The number of ether oxygens (including phenoxy) is 1. The molecular formula is C20H32O3. The Morgan fingerprint density at radius 2 is 2.13 bits per heavy atom. The number of hydrogen-bond acceptors (Lipinski definition) is 3. The summed E-state index contributed by atoms with van der Waals surface area (Å²) in [5, 5.41) is 0. The fourth-order valence-corrected chi connectivity index (χ4v) is 4.80. The van der Waals surface area contributed by atoms with Crippen molar-refractivity contribution in [2.45, 2.75) is 66.2 Å². The first-order valence-electron chi connectivity index (χ1n) is 9.05. The molecule has 0 aliphatic heterocycles. The van der Waals surface area contributed by atoms with Crippen molar-refractivity contribution in [3.05, 3.63) is 11.6 Å². The molecule has 2 rings (SSSR count). The van der Waals surface area contributed by atoms with E-state index in [9.17, 15) is 9.59 Å². The fraction of sp³-hybridized carbons (Fsp3) is 0.800. The SMILES string of the molecule is COC(=O)CC(C)CCC1(C)C(C)CCC2C(C)=CC(=O)CC21. The van der Waals surface area contributed by atoms with E-state index in [0.717, 1.165) is 12.8 Å². The summed E-state index contributed by atoms with van der Waals surface area (Å²) in [5.74, 6) is 2.19. The lowest BCUT2D eigenvalue weighted by atomic mass is 9.52. The van der Waals surface area contributed by atoms with Crippen molar-refractivity contribution in [1.29, 1.82) is 0 Å². The Hall–Kier alpha value is -1.12. The van der Waals surface area contributed by atoms with Gasteiger partial charge in [-0.15, -0.1) is 0 Å². The Kier molecular flexibility index (Phi) is 5.70. The summed E-state index contributed by atoms with van der Waals surface area (Å²) in [6.07, 6.45) is 7.64. The molecule has 5 atom stereocenters. The molecule has 1 saturated carbocycles. The maximum absolute atomic E-state index is 12.1. The van der Waals surface area contributed by atoms with Gasteiger partial charge in [-0.2, -0.15) is 0 Å². The summed E-state index contributed by atoms with van der Waals surface area (Å²) in [6.45, 7) is 8.98. The van der Waals surface area contributed by atoms with E-state index in [2.05, 4.69) is 27.7 Å². The molecule has 0 spiro atoms. The average Bonchev–Trinajstić information content (AvgIpc) is 2.49. The second kappa shape index (κ2) is 7.19. The summed E-state index contributed by atoms with van der Waals surface area (Å²) in [6, 6.07) is 0. The summed E-state index contributed by atoms with van der Waals surface area (Å²) < 4.78 is 4.78. The highest BCUT2D eigenvalue weighted by molar-refractivity contribution is 5.91. The Labute approximate surface area is 140 Å². The van der Waals surface area contributed by atoms with Crippen LogP contribution in [0.4, 0.5) is 0 Å². The van der Waals surface area contributed by atoms with Crippen LogP contribution in [-0.2, 0) is 14.3 Å². The van der Waals surface area contributed by atoms with Gasteiger partial charge < -0.3 is 4.74 Å². The second-order valence-electron chi connectivity index (χ2n) is 8.18. The minimum absolute atomic E-state index is 0.121. The first kappa shape index (κ1) is 18.2. The minimum Gasteiger partial charge on any atom is -0.469 e. The van der Waals surface area contributed by atoms with E-state index in [1.807, 2.05) is 6.08 Å². The number of esters is 1. The Balaban J connectivity index is 2.09. The van der Waals surface area contributed by atoms with E-state index in [1.165, 1.54) is 25.5 Å². The van der Waals surface area contributed by atoms with E-state index in [4.69, 9.17) is 4.74 Å². The molecule has 0 heterocycles. The van der Waals surface area contributed by atoms with Gasteiger partial charge in [0.25, 0.3) is 0 Å². The molecule has 1 fully saturated rings. The van der Waals surface area contributed by atoms with Crippen LogP contribution in [0.2, 0.25) is 0 Å². The van der Waals surface area contributed by atoms with Crippen LogP contribution in [0.25, 0.3) is 0 Å². The minimum atomic E-state index is -0.121. The summed E-state index contributed by atoms with van der Waals surface area (Å²) in [5.41, 5.74) is 1.48. The summed E-state index contributed by atoms with van der Waals surface area (Å²) in [4.78, 5) is 23.6. The molecule has 0 amide bonds. The third-order valence-electron chi connectivity index (χ3n) is 6.68. The second-order valence-corrected chi connectivity index (χ2v) is 8.18. The number of carbonyl (C=O) groups excluding carboxylic acids is 2. The highest BCUT2D eigenvalue weighted by atomic mass is 16.5. The highest BCUT2D eigenvalue weighted by Crippen LogP contribution is 2.55.